The van der Waals surface area contributed by atoms with Crippen molar-refractivity contribution in [2.24, 2.45) is 5.41 Å². The Bertz CT molecular complexity index is 500. The van der Waals surface area contributed by atoms with Crippen molar-refractivity contribution in [1.29, 1.82) is 0 Å². The SMILES string of the molecule is CC(C)(C)C1OCCC1S(=O)(=O)c1ccccc1. The molecule has 2 rings (SSSR count). The Morgan fingerprint density at radius 1 is 1.17 bits per heavy atom. The lowest BCUT2D eigenvalue weighted by molar-refractivity contribution is 0.0303. The van der Waals surface area contributed by atoms with Gasteiger partial charge < -0.3 is 4.74 Å². The first-order valence-corrected chi connectivity index (χ1v) is 7.78. The first kappa shape index (κ1) is 13.6. The molecule has 100 valence electrons. The summed E-state index contributed by atoms with van der Waals surface area (Å²) in [5.74, 6) is 0. The van der Waals surface area contributed by atoms with Gasteiger partial charge in [-0.05, 0) is 24.0 Å². The van der Waals surface area contributed by atoms with E-state index in [9.17, 15) is 8.42 Å². The second-order valence-electron chi connectivity index (χ2n) is 5.84. The van der Waals surface area contributed by atoms with Crippen molar-refractivity contribution in [2.75, 3.05) is 6.61 Å². The second kappa shape index (κ2) is 4.67. The Kier molecular flexibility index (Phi) is 3.52. The highest BCUT2D eigenvalue weighted by atomic mass is 32.2. The van der Waals surface area contributed by atoms with Crippen LogP contribution in [0.2, 0.25) is 0 Å². The van der Waals surface area contributed by atoms with Crippen LogP contribution in [-0.4, -0.2) is 26.4 Å². The zero-order chi connectivity index (χ0) is 13.4. The van der Waals surface area contributed by atoms with Crippen LogP contribution in [0.3, 0.4) is 0 Å². The maximum Gasteiger partial charge on any atom is 0.183 e. The van der Waals surface area contributed by atoms with Crippen molar-refractivity contribution in [1.82, 2.24) is 0 Å². The third-order valence-corrected chi connectivity index (χ3v) is 5.57. The van der Waals surface area contributed by atoms with Gasteiger partial charge >= 0.3 is 0 Å². The van der Waals surface area contributed by atoms with E-state index in [4.69, 9.17) is 4.74 Å². The topological polar surface area (TPSA) is 43.4 Å². The maximum atomic E-state index is 12.6. The Balaban J connectivity index is 2.37. The number of hydrogen-bond acceptors (Lipinski definition) is 3. The van der Waals surface area contributed by atoms with Crippen molar-refractivity contribution >= 4 is 9.84 Å². The molecule has 0 saturated carbocycles. The molecule has 1 aromatic carbocycles. The van der Waals surface area contributed by atoms with Crippen LogP contribution >= 0.6 is 0 Å². The molecule has 3 nitrogen and oxygen atoms in total. The van der Waals surface area contributed by atoms with E-state index < -0.39 is 15.1 Å². The van der Waals surface area contributed by atoms with Crippen LogP contribution < -0.4 is 0 Å². The summed E-state index contributed by atoms with van der Waals surface area (Å²) in [4.78, 5) is 0.398. The summed E-state index contributed by atoms with van der Waals surface area (Å²) in [5, 5.41) is -0.431. The molecule has 0 N–H and O–H groups in total. The number of ether oxygens (including phenoxy) is 1. The van der Waals surface area contributed by atoms with E-state index >= 15 is 0 Å². The highest BCUT2D eigenvalue weighted by molar-refractivity contribution is 7.92. The standard InChI is InChI=1S/C14H20O3S/c1-14(2,3)13-12(9-10-17-13)18(15,16)11-7-5-4-6-8-11/h4-8,12-13H,9-10H2,1-3H3. The minimum Gasteiger partial charge on any atom is -0.376 e. The zero-order valence-corrected chi connectivity index (χ0v) is 11.9. The zero-order valence-electron chi connectivity index (χ0n) is 11.1. The van der Waals surface area contributed by atoms with Crippen LogP contribution in [-0.2, 0) is 14.6 Å². The molecular formula is C14H20O3S. The van der Waals surface area contributed by atoms with E-state index in [2.05, 4.69) is 0 Å². The molecule has 0 aromatic heterocycles. The predicted molar refractivity (Wildman–Crippen MR) is 71.2 cm³/mol. The largest absolute Gasteiger partial charge is 0.376 e. The molecule has 2 unspecified atom stereocenters. The van der Waals surface area contributed by atoms with Crippen molar-refractivity contribution in [3.8, 4) is 0 Å². The molecule has 18 heavy (non-hydrogen) atoms. The second-order valence-corrected chi connectivity index (χ2v) is 8.01. The van der Waals surface area contributed by atoms with Gasteiger partial charge in [0, 0.05) is 6.61 Å². The fourth-order valence-corrected chi connectivity index (χ4v) is 4.59. The van der Waals surface area contributed by atoms with Gasteiger partial charge in [0.15, 0.2) is 9.84 Å². The summed E-state index contributed by atoms with van der Waals surface area (Å²) in [6.45, 7) is 6.60. The molecular weight excluding hydrogens is 248 g/mol. The number of benzene rings is 1. The third kappa shape index (κ3) is 2.45. The quantitative estimate of drug-likeness (QED) is 0.828. The molecule has 1 saturated heterocycles. The Morgan fingerprint density at radius 3 is 2.33 bits per heavy atom. The normalized spacial score (nSPS) is 25.3. The minimum atomic E-state index is -3.30. The number of rotatable bonds is 2. The average molecular weight is 268 g/mol. The molecule has 0 radical (unpaired) electrons. The molecule has 1 aromatic rings. The molecule has 2 atom stereocenters. The molecule has 1 heterocycles. The van der Waals surface area contributed by atoms with Crippen molar-refractivity contribution < 1.29 is 13.2 Å². The summed E-state index contributed by atoms with van der Waals surface area (Å²) in [6.07, 6.45) is 0.349. The first-order valence-electron chi connectivity index (χ1n) is 6.24. The first-order chi connectivity index (χ1) is 8.33. The molecule has 1 aliphatic heterocycles. The monoisotopic (exact) mass is 268 g/mol. The lowest BCUT2D eigenvalue weighted by Gasteiger charge is -2.30. The molecule has 0 amide bonds. The summed E-state index contributed by atoms with van der Waals surface area (Å²) < 4.78 is 30.9. The van der Waals surface area contributed by atoms with E-state index in [0.717, 1.165) is 0 Å². The van der Waals surface area contributed by atoms with Crippen LogP contribution in [0, 0.1) is 5.41 Å². The number of sulfone groups is 1. The van der Waals surface area contributed by atoms with Gasteiger partial charge in [-0.15, -0.1) is 0 Å². The highest BCUT2D eigenvalue weighted by Crippen LogP contribution is 2.36. The molecule has 1 fully saturated rings. The van der Waals surface area contributed by atoms with Crippen molar-refractivity contribution in [3.05, 3.63) is 30.3 Å². The Morgan fingerprint density at radius 2 is 1.78 bits per heavy atom. The van der Waals surface area contributed by atoms with Gasteiger partial charge in [-0.1, -0.05) is 39.0 Å². The average Bonchev–Trinajstić information content (AvgIpc) is 2.79. The maximum absolute atomic E-state index is 12.6. The Labute approximate surface area is 109 Å². The van der Waals surface area contributed by atoms with Crippen molar-refractivity contribution in [3.63, 3.8) is 0 Å². The summed E-state index contributed by atoms with van der Waals surface area (Å²) in [5.41, 5.74) is -0.164. The van der Waals surface area contributed by atoms with Crippen LogP contribution in [0.15, 0.2) is 35.2 Å². The molecule has 1 aliphatic rings. The predicted octanol–water partition coefficient (Wildman–Crippen LogP) is 2.66. The third-order valence-electron chi connectivity index (χ3n) is 3.36. The molecule has 0 bridgehead atoms. The Hall–Kier alpha value is -0.870. The highest BCUT2D eigenvalue weighted by Gasteiger charge is 2.44. The van der Waals surface area contributed by atoms with E-state index in [0.29, 0.717) is 17.9 Å². The van der Waals surface area contributed by atoms with Crippen LogP contribution in [0.5, 0.6) is 0 Å². The van der Waals surface area contributed by atoms with E-state index in [1.54, 1.807) is 24.3 Å². The molecule has 0 aliphatic carbocycles. The molecule has 0 spiro atoms. The summed E-state index contributed by atoms with van der Waals surface area (Å²) >= 11 is 0. The number of hydrogen-bond donors (Lipinski definition) is 0. The lowest BCUT2D eigenvalue weighted by Crippen LogP contribution is -2.39. The van der Waals surface area contributed by atoms with Crippen LogP contribution in [0.1, 0.15) is 27.2 Å². The van der Waals surface area contributed by atoms with Crippen molar-refractivity contribution in [2.45, 2.75) is 43.4 Å². The van der Waals surface area contributed by atoms with Gasteiger partial charge in [0.05, 0.1) is 16.2 Å². The van der Waals surface area contributed by atoms with Gasteiger partial charge in [-0.2, -0.15) is 0 Å². The van der Waals surface area contributed by atoms with Gasteiger partial charge in [-0.3, -0.25) is 0 Å². The summed E-state index contributed by atoms with van der Waals surface area (Å²) in [7, 11) is -3.30. The van der Waals surface area contributed by atoms with Gasteiger partial charge in [0.25, 0.3) is 0 Å². The van der Waals surface area contributed by atoms with Gasteiger partial charge in [-0.25, -0.2) is 8.42 Å². The van der Waals surface area contributed by atoms with Gasteiger partial charge in [0.2, 0.25) is 0 Å². The minimum absolute atomic E-state index is 0.164. The van der Waals surface area contributed by atoms with Crippen LogP contribution in [0.4, 0.5) is 0 Å². The summed E-state index contributed by atoms with van der Waals surface area (Å²) in [6, 6.07) is 8.66. The van der Waals surface area contributed by atoms with E-state index in [-0.39, 0.29) is 11.5 Å². The lowest BCUT2D eigenvalue weighted by atomic mass is 9.87. The fourth-order valence-electron chi connectivity index (χ4n) is 2.48. The van der Waals surface area contributed by atoms with E-state index in [1.165, 1.54) is 0 Å². The van der Waals surface area contributed by atoms with E-state index in [1.807, 2.05) is 26.8 Å². The molecule has 4 heteroatoms. The fraction of sp³-hybridized carbons (Fsp3) is 0.571. The van der Waals surface area contributed by atoms with Gasteiger partial charge in [0.1, 0.15) is 0 Å². The smallest absolute Gasteiger partial charge is 0.183 e. The van der Waals surface area contributed by atoms with Crippen LogP contribution in [0.25, 0.3) is 0 Å².